The molecule has 0 aromatic heterocycles. The fourth-order valence-corrected chi connectivity index (χ4v) is 2.22. The van der Waals surface area contributed by atoms with Gasteiger partial charge in [-0.05, 0) is 23.8 Å². The molecule has 2 rings (SSSR count). The zero-order valence-electron chi connectivity index (χ0n) is 12.7. The number of carbonyl (C=O) groups excluding carboxylic acids is 1. The van der Waals surface area contributed by atoms with E-state index in [1.807, 2.05) is 30.3 Å². The third kappa shape index (κ3) is 5.13. The van der Waals surface area contributed by atoms with E-state index in [2.05, 4.69) is 5.32 Å². The number of carbonyl (C=O) groups is 1. The zero-order valence-corrected chi connectivity index (χ0v) is 13.5. The van der Waals surface area contributed by atoms with Crippen LogP contribution < -0.4 is 5.32 Å². The molecule has 0 heterocycles. The normalized spacial score (nSPS) is 13.1. The molecule has 2 atom stereocenters. The molecule has 2 aromatic rings. The monoisotopic (exact) mass is 351 g/mol. The Morgan fingerprint density at radius 1 is 1.17 bits per heavy atom. The van der Waals surface area contributed by atoms with Gasteiger partial charge in [0, 0.05) is 17.1 Å². The third-order valence-corrected chi connectivity index (χ3v) is 3.58. The van der Waals surface area contributed by atoms with Crippen LogP contribution >= 0.6 is 11.6 Å². The molecule has 0 spiro atoms. The van der Waals surface area contributed by atoms with Crippen molar-refractivity contribution in [2.24, 2.45) is 0 Å². The van der Waals surface area contributed by atoms with Crippen LogP contribution in [-0.4, -0.2) is 34.1 Å². The molecule has 2 aromatic carbocycles. The Kier molecular flexibility index (Phi) is 6.43. The van der Waals surface area contributed by atoms with Crippen molar-refractivity contribution in [1.29, 1.82) is 0 Å². The fraction of sp³-hybridized carbons (Fsp3) is 0.235. The number of phenolic OH excluding ortho intramolecular Hbond substituents is 1. The molecule has 0 saturated carbocycles. The molecule has 0 aliphatic carbocycles. The number of benzene rings is 2. The highest BCUT2D eigenvalue weighted by molar-refractivity contribution is 6.30. The average Bonchev–Trinajstić information content (AvgIpc) is 2.60. The van der Waals surface area contributed by atoms with Crippen molar-refractivity contribution in [2.75, 3.05) is 6.54 Å². The lowest BCUT2D eigenvalue weighted by Gasteiger charge is -2.19. The van der Waals surface area contributed by atoms with Crippen LogP contribution in [0.2, 0.25) is 5.02 Å². The molecule has 24 heavy (non-hydrogen) atoms. The van der Waals surface area contributed by atoms with Gasteiger partial charge in [0.15, 0.2) is 0 Å². The quantitative estimate of drug-likeness (QED) is 0.640. The first-order valence-corrected chi connectivity index (χ1v) is 7.64. The fourth-order valence-electron chi connectivity index (χ4n) is 2.04. The maximum Gasteiger partial charge on any atom is 0.407 e. The van der Waals surface area contributed by atoms with Gasteiger partial charge in [0.1, 0.15) is 24.6 Å². The van der Waals surface area contributed by atoms with Crippen LogP contribution in [0.25, 0.3) is 0 Å². The number of ether oxygens (including phenoxy) is 1. The number of alkyl carbamates (subject to hydrolysis) is 1. The standard InChI is InChI=1S/C17H18ClNO5/c18-12-6-7-14(20)13(8-12)16(22)15(21)9-19-17(23)24-10-11-4-2-1-3-5-11/h1-8,15-16,20-22H,9-10H2,(H,19,23). The maximum absolute atomic E-state index is 11.6. The predicted molar refractivity (Wildman–Crippen MR) is 88.7 cm³/mol. The van der Waals surface area contributed by atoms with E-state index in [1.165, 1.54) is 18.2 Å². The highest BCUT2D eigenvalue weighted by atomic mass is 35.5. The van der Waals surface area contributed by atoms with Crippen LogP contribution in [0.1, 0.15) is 17.2 Å². The largest absolute Gasteiger partial charge is 0.508 e. The number of amides is 1. The second kappa shape index (κ2) is 8.54. The minimum Gasteiger partial charge on any atom is -0.508 e. The van der Waals surface area contributed by atoms with Gasteiger partial charge in [0.05, 0.1) is 0 Å². The maximum atomic E-state index is 11.6. The molecule has 0 bridgehead atoms. The van der Waals surface area contributed by atoms with Gasteiger partial charge in [-0.15, -0.1) is 0 Å². The van der Waals surface area contributed by atoms with Crippen LogP contribution in [-0.2, 0) is 11.3 Å². The van der Waals surface area contributed by atoms with E-state index in [0.717, 1.165) is 5.56 Å². The van der Waals surface area contributed by atoms with Gasteiger partial charge in [-0.2, -0.15) is 0 Å². The van der Waals surface area contributed by atoms with Gasteiger partial charge < -0.3 is 25.4 Å². The summed E-state index contributed by atoms with van der Waals surface area (Å²) in [5.74, 6) is -0.197. The number of aliphatic hydroxyl groups excluding tert-OH is 2. The first-order valence-electron chi connectivity index (χ1n) is 7.26. The van der Waals surface area contributed by atoms with E-state index in [-0.39, 0.29) is 24.5 Å². The molecule has 0 saturated heterocycles. The summed E-state index contributed by atoms with van der Waals surface area (Å²) in [7, 11) is 0. The van der Waals surface area contributed by atoms with E-state index >= 15 is 0 Å². The van der Waals surface area contributed by atoms with E-state index < -0.39 is 18.3 Å². The van der Waals surface area contributed by atoms with Crippen molar-refractivity contribution >= 4 is 17.7 Å². The van der Waals surface area contributed by atoms with E-state index in [1.54, 1.807) is 0 Å². The molecule has 0 aliphatic heterocycles. The first kappa shape index (κ1) is 18.1. The van der Waals surface area contributed by atoms with E-state index in [0.29, 0.717) is 5.02 Å². The smallest absolute Gasteiger partial charge is 0.407 e. The summed E-state index contributed by atoms with van der Waals surface area (Å²) in [6.45, 7) is -0.152. The summed E-state index contributed by atoms with van der Waals surface area (Å²) in [5.41, 5.74) is 0.909. The van der Waals surface area contributed by atoms with Crippen LogP contribution in [0.3, 0.4) is 0 Å². The number of halogens is 1. The van der Waals surface area contributed by atoms with Crippen LogP contribution in [0.15, 0.2) is 48.5 Å². The number of rotatable bonds is 6. The number of aromatic hydroxyl groups is 1. The van der Waals surface area contributed by atoms with Crippen LogP contribution in [0.5, 0.6) is 5.75 Å². The zero-order chi connectivity index (χ0) is 17.5. The Labute approximate surface area is 144 Å². The van der Waals surface area contributed by atoms with Gasteiger partial charge in [-0.25, -0.2) is 4.79 Å². The Morgan fingerprint density at radius 3 is 2.58 bits per heavy atom. The van der Waals surface area contributed by atoms with Gasteiger partial charge in [-0.1, -0.05) is 41.9 Å². The molecular weight excluding hydrogens is 334 g/mol. The second-order valence-electron chi connectivity index (χ2n) is 5.16. The molecule has 0 fully saturated rings. The Bertz CT molecular complexity index is 680. The lowest BCUT2D eigenvalue weighted by Crippen LogP contribution is -2.35. The Morgan fingerprint density at radius 2 is 1.88 bits per heavy atom. The van der Waals surface area contributed by atoms with E-state index in [9.17, 15) is 20.1 Å². The molecular formula is C17H18ClNO5. The minimum atomic E-state index is -1.40. The first-order chi connectivity index (χ1) is 11.5. The molecule has 7 heteroatoms. The Hall–Kier alpha value is -2.28. The molecule has 6 nitrogen and oxygen atoms in total. The molecule has 1 amide bonds. The molecule has 4 N–H and O–H groups in total. The molecule has 0 aliphatic rings. The molecule has 0 radical (unpaired) electrons. The predicted octanol–water partition coefficient (Wildman–Crippen LogP) is 2.37. The highest BCUT2D eigenvalue weighted by Crippen LogP contribution is 2.29. The number of nitrogens with one attached hydrogen (secondary N) is 1. The summed E-state index contributed by atoms with van der Waals surface area (Å²) in [4.78, 5) is 11.6. The molecule has 128 valence electrons. The highest BCUT2D eigenvalue weighted by Gasteiger charge is 2.22. The SMILES string of the molecule is O=C(NCC(O)C(O)c1cc(Cl)ccc1O)OCc1ccccc1. The number of hydrogen-bond donors (Lipinski definition) is 4. The van der Waals surface area contributed by atoms with Gasteiger partial charge >= 0.3 is 6.09 Å². The lowest BCUT2D eigenvalue weighted by atomic mass is 10.0. The van der Waals surface area contributed by atoms with Crippen molar-refractivity contribution in [2.45, 2.75) is 18.8 Å². The topological polar surface area (TPSA) is 99.0 Å². The Balaban J connectivity index is 1.82. The summed E-state index contributed by atoms with van der Waals surface area (Å²) in [5, 5.41) is 32.4. The van der Waals surface area contributed by atoms with Crippen molar-refractivity contribution in [3.05, 3.63) is 64.7 Å². The van der Waals surface area contributed by atoms with Crippen molar-refractivity contribution < 1.29 is 24.9 Å². The van der Waals surface area contributed by atoms with Crippen molar-refractivity contribution in [3.8, 4) is 5.75 Å². The third-order valence-electron chi connectivity index (χ3n) is 3.34. The lowest BCUT2D eigenvalue weighted by molar-refractivity contribution is 0.0171. The summed E-state index contributed by atoms with van der Waals surface area (Å²) in [6.07, 6.45) is -3.46. The summed E-state index contributed by atoms with van der Waals surface area (Å²) in [6, 6.07) is 13.3. The van der Waals surface area contributed by atoms with Gasteiger partial charge in [-0.3, -0.25) is 0 Å². The minimum absolute atomic E-state index is 0.0782. The van der Waals surface area contributed by atoms with Crippen molar-refractivity contribution in [3.63, 3.8) is 0 Å². The van der Waals surface area contributed by atoms with Gasteiger partial charge in [0.2, 0.25) is 0 Å². The molecule has 2 unspecified atom stereocenters. The van der Waals surface area contributed by atoms with Crippen LogP contribution in [0, 0.1) is 0 Å². The van der Waals surface area contributed by atoms with Crippen LogP contribution in [0.4, 0.5) is 4.79 Å². The summed E-state index contributed by atoms with van der Waals surface area (Å²) < 4.78 is 4.99. The number of hydrogen-bond acceptors (Lipinski definition) is 5. The van der Waals surface area contributed by atoms with Gasteiger partial charge in [0.25, 0.3) is 0 Å². The van der Waals surface area contributed by atoms with E-state index in [4.69, 9.17) is 16.3 Å². The number of aliphatic hydroxyl groups is 2. The average molecular weight is 352 g/mol. The second-order valence-corrected chi connectivity index (χ2v) is 5.59. The van der Waals surface area contributed by atoms with Crippen molar-refractivity contribution in [1.82, 2.24) is 5.32 Å². The number of phenols is 1. The summed E-state index contributed by atoms with van der Waals surface area (Å²) >= 11 is 5.80.